The molecule has 1 unspecified atom stereocenters. The number of pyridine rings is 1. The van der Waals surface area contributed by atoms with Gasteiger partial charge in [-0.2, -0.15) is 0 Å². The molecule has 1 amide bonds. The first-order valence-corrected chi connectivity index (χ1v) is 8.49. The Morgan fingerprint density at radius 2 is 2.29 bits per heavy atom. The molecule has 1 aromatic heterocycles. The van der Waals surface area contributed by atoms with Gasteiger partial charge in [-0.1, -0.05) is 17.7 Å². The summed E-state index contributed by atoms with van der Waals surface area (Å²) in [6, 6.07) is 8.31. The molecule has 1 fully saturated rings. The fourth-order valence-electron chi connectivity index (χ4n) is 2.59. The van der Waals surface area contributed by atoms with Crippen LogP contribution in [0.25, 0.3) is 10.9 Å². The number of quaternary nitrogens is 1. The van der Waals surface area contributed by atoms with E-state index in [0.29, 0.717) is 11.7 Å². The van der Waals surface area contributed by atoms with Gasteiger partial charge in [-0.05, 0) is 24.5 Å². The van der Waals surface area contributed by atoms with Crippen molar-refractivity contribution in [2.75, 3.05) is 25.9 Å². The van der Waals surface area contributed by atoms with Crippen molar-refractivity contribution in [3.63, 3.8) is 0 Å². The van der Waals surface area contributed by atoms with Gasteiger partial charge in [0.15, 0.2) is 6.54 Å². The third kappa shape index (κ3) is 3.31. The number of fused-ring (bicyclic) bond motifs is 1. The van der Waals surface area contributed by atoms with Gasteiger partial charge in [0.2, 0.25) is 0 Å². The molecule has 0 radical (unpaired) electrons. The molecule has 21 heavy (non-hydrogen) atoms. The molecule has 1 atom stereocenters. The van der Waals surface area contributed by atoms with E-state index in [-0.39, 0.29) is 5.91 Å². The topological polar surface area (TPSA) is 46.4 Å². The van der Waals surface area contributed by atoms with Crippen molar-refractivity contribution in [2.45, 2.75) is 11.4 Å². The molecule has 0 saturated carbocycles. The highest BCUT2D eigenvalue weighted by molar-refractivity contribution is 7.98. The maximum Gasteiger partial charge on any atom is 0.275 e. The number of nitrogens with zero attached hydrogens (tertiary/aromatic N) is 1. The molecule has 0 bridgehead atoms. The average molecular weight is 323 g/mol. The average Bonchev–Trinajstić information content (AvgIpc) is 2.47. The second-order valence-electron chi connectivity index (χ2n) is 5.20. The van der Waals surface area contributed by atoms with E-state index in [4.69, 9.17) is 11.6 Å². The number of amides is 1. The quantitative estimate of drug-likeness (QED) is 0.658. The third-order valence-corrected chi connectivity index (χ3v) is 4.76. The molecule has 110 valence electrons. The molecule has 1 aliphatic rings. The van der Waals surface area contributed by atoms with E-state index in [2.05, 4.69) is 34.6 Å². The van der Waals surface area contributed by atoms with Gasteiger partial charge in [-0.15, -0.1) is 11.8 Å². The minimum absolute atomic E-state index is 0.103. The van der Waals surface area contributed by atoms with Crippen molar-refractivity contribution in [3.8, 4) is 0 Å². The van der Waals surface area contributed by atoms with Crippen LogP contribution in [0.5, 0.6) is 0 Å². The van der Waals surface area contributed by atoms with Crippen molar-refractivity contribution in [3.05, 3.63) is 35.0 Å². The third-order valence-electron chi connectivity index (χ3n) is 3.70. The zero-order chi connectivity index (χ0) is 14.8. The molecule has 1 aromatic carbocycles. The monoisotopic (exact) mass is 322 g/mol. The number of aromatic nitrogens is 1. The van der Waals surface area contributed by atoms with Gasteiger partial charge in [0, 0.05) is 15.8 Å². The maximum atomic E-state index is 11.4. The van der Waals surface area contributed by atoms with Crippen molar-refractivity contribution in [2.24, 2.45) is 0 Å². The lowest BCUT2D eigenvalue weighted by Crippen LogP contribution is -3.14. The van der Waals surface area contributed by atoms with E-state index < -0.39 is 0 Å². The first kappa shape index (κ1) is 14.6. The predicted molar refractivity (Wildman–Crippen MR) is 85.9 cm³/mol. The normalized spacial score (nSPS) is 18.8. The Labute approximate surface area is 132 Å². The summed E-state index contributed by atoms with van der Waals surface area (Å²) in [5.74, 6) is 0.103. The van der Waals surface area contributed by atoms with Crippen LogP contribution in [0.4, 0.5) is 0 Å². The minimum atomic E-state index is 0.103. The second kappa shape index (κ2) is 6.22. The van der Waals surface area contributed by atoms with Crippen molar-refractivity contribution in [1.29, 1.82) is 0 Å². The highest BCUT2D eigenvalue weighted by Gasteiger charge is 2.21. The highest BCUT2D eigenvalue weighted by atomic mass is 35.5. The first-order chi connectivity index (χ1) is 10.2. The molecule has 2 aromatic rings. The van der Waals surface area contributed by atoms with Crippen LogP contribution in [0.1, 0.15) is 5.56 Å². The summed E-state index contributed by atoms with van der Waals surface area (Å²) >= 11 is 8.01. The van der Waals surface area contributed by atoms with Crippen LogP contribution in [0.2, 0.25) is 5.15 Å². The van der Waals surface area contributed by atoms with Gasteiger partial charge < -0.3 is 10.2 Å². The Hall–Kier alpha value is -1.30. The van der Waals surface area contributed by atoms with Gasteiger partial charge in [-0.25, -0.2) is 4.98 Å². The van der Waals surface area contributed by atoms with Crippen LogP contribution in [0.15, 0.2) is 29.2 Å². The zero-order valence-electron chi connectivity index (χ0n) is 11.8. The summed E-state index contributed by atoms with van der Waals surface area (Å²) in [7, 11) is 0. The van der Waals surface area contributed by atoms with Gasteiger partial charge in [-0.3, -0.25) is 4.79 Å². The highest BCUT2D eigenvalue weighted by Crippen LogP contribution is 2.24. The zero-order valence-corrected chi connectivity index (χ0v) is 13.4. The summed E-state index contributed by atoms with van der Waals surface area (Å²) in [4.78, 5) is 18.4. The van der Waals surface area contributed by atoms with Crippen LogP contribution in [-0.2, 0) is 11.3 Å². The first-order valence-electron chi connectivity index (χ1n) is 6.89. The number of nitrogens with one attached hydrogen (secondary N) is 2. The van der Waals surface area contributed by atoms with Crippen molar-refractivity contribution < 1.29 is 9.69 Å². The smallest absolute Gasteiger partial charge is 0.275 e. The van der Waals surface area contributed by atoms with Gasteiger partial charge >= 0.3 is 0 Å². The SMILES string of the molecule is CSc1ccc2cc(C[NH+]3CCNC(=O)C3)c(Cl)nc2c1. The summed E-state index contributed by atoms with van der Waals surface area (Å²) in [5.41, 5.74) is 1.92. The maximum absolute atomic E-state index is 11.4. The van der Waals surface area contributed by atoms with Crippen LogP contribution in [-0.4, -0.2) is 36.8 Å². The molecule has 4 nitrogen and oxygen atoms in total. The van der Waals surface area contributed by atoms with Crippen molar-refractivity contribution in [1.82, 2.24) is 10.3 Å². The van der Waals surface area contributed by atoms with E-state index in [9.17, 15) is 4.79 Å². The Morgan fingerprint density at radius 1 is 1.43 bits per heavy atom. The van der Waals surface area contributed by atoms with Crippen LogP contribution >= 0.6 is 23.4 Å². The number of hydrogen-bond donors (Lipinski definition) is 2. The lowest BCUT2D eigenvalue weighted by molar-refractivity contribution is -0.907. The van der Waals surface area contributed by atoms with E-state index in [1.165, 1.54) is 9.80 Å². The lowest BCUT2D eigenvalue weighted by Gasteiger charge is -2.23. The largest absolute Gasteiger partial charge is 0.346 e. The summed E-state index contributed by atoms with van der Waals surface area (Å²) in [6.07, 6.45) is 2.04. The summed E-state index contributed by atoms with van der Waals surface area (Å²) < 4.78 is 0. The van der Waals surface area contributed by atoms with Gasteiger partial charge in [0.1, 0.15) is 11.7 Å². The molecule has 1 aliphatic heterocycles. The van der Waals surface area contributed by atoms with E-state index in [0.717, 1.165) is 36.1 Å². The lowest BCUT2D eigenvalue weighted by atomic mass is 10.1. The molecular formula is C15H17ClN3OS+. The number of halogens is 1. The number of rotatable bonds is 3. The van der Waals surface area contributed by atoms with E-state index >= 15 is 0 Å². The molecule has 1 saturated heterocycles. The second-order valence-corrected chi connectivity index (χ2v) is 6.44. The summed E-state index contributed by atoms with van der Waals surface area (Å²) in [6.45, 7) is 2.88. The fourth-order valence-corrected chi connectivity index (χ4v) is 3.24. The molecule has 0 spiro atoms. The fraction of sp³-hybridized carbons (Fsp3) is 0.333. The molecule has 0 aliphatic carbocycles. The number of thioether (sulfide) groups is 1. The van der Waals surface area contributed by atoms with Gasteiger partial charge in [0.25, 0.3) is 5.91 Å². The van der Waals surface area contributed by atoms with E-state index in [1.807, 2.05) is 6.26 Å². The van der Waals surface area contributed by atoms with Crippen LogP contribution in [0.3, 0.4) is 0 Å². The van der Waals surface area contributed by atoms with Crippen molar-refractivity contribution >= 4 is 40.2 Å². The Balaban J connectivity index is 1.88. The minimum Gasteiger partial charge on any atom is -0.346 e. The number of benzene rings is 1. The predicted octanol–water partition coefficient (Wildman–Crippen LogP) is 1.12. The molecule has 2 N–H and O–H groups in total. The molecule has 6 heteroatoms. The Morgan fingerprint density at radius 3 is 3.05 bits per heavy atom. The molecule has 3 rings (SSSR count). The number of hydrogen-bond acceptors (Lipinski definition) is 3. The molecular weight excluding hydrogens is 306 g/mol. The van der Waals surface area contributed by atoms with E-state index in [1.54, 1.807) is 11.8 Å². The van der Waals surface area contributed by atoms with Gasteiger partial charge in [0.05, 0.1) is 18.6 Å². The number of piperazine rings is 1. The Kier molecular flexibility index (Phi) is 4.33. The number of carbonyl (C=O) groups is 1. The standard InChI is InChI=1S/C15H16ClN3OS/c1-21-12-3-2-10-6-11(15(16)18-13(10)7-12)8-19-5-4-17-14(20)9-19/h2-3,6-7H,4-5,8-9H2,1H3,(H,17,20)/p+1. The number of carbonyl (C=O) groups excluding carboxylic acids is 1. The summed E-state index contributed by atoms with van der Waals surface area (Å²) in [5, 5.41) is 4.48. The molecule has 2 heterocycles. The van der Waals surface area contributed by atoms with Crippen LogP contribution in [0, 0.1) is 0 Å². The Bertz CT molecular complexity index is 692. The van der Waals surface area contributed by atoms with Crippen LogP contribution < -0.4 is 10.2 Å².